The van der Waals surface area contributed by atoms with Crippen LogP contribution in [-0.2, 0) is 11.3 Å². The van der Waals surface area contributed by atoms with E-state index in [-0.39, 0.29) is 5.91 Å². The van der Waals surface area contributed by atoms with Crippen molar-refractivity contribution in [1.29, 1.82) is 0 Å². The molecule has 0 aromatic carbocycles. The molecule has 1 fully saturated rings. The largest absolute Gasteiger partial charge is 0.478 e. The van der Waals surface area contributed by atoms with Crippen molar-refractivity contribution >= 4 is 5.91 Å². The first-order chi connectivity index (χ1) is 9.64. The van der Waals surface area contributed by atoms with Gasteiger partial charge in [-0.3, -0.25) is 4.79 Å². The molecule has 0 bridgehead atoms. The van der Waals surface area contributed by atoms with Crippen molar-refractivity contribution in [2.45, 2.75) is 51.2 Å². The zero-order valence-electron chi connectivity index (χ0n) is 11.9. The smallest absolute Gasteiger partial charge is 0.252 e. The molecule has 2 N–H and O–H groups in total. The summed E-state index contributed by atoms with van der Waals surface area (Å²) in [5.74, 6) is 0.317. The van der Waals surface area contributed by atoms with E-state index in [1.165, 1.54) is 0 Å². The molecule has 0 saturated heterocycles. The summed E-state index contributed by atoms with van der Waals surface area (Å²) in [5, 5.41) is 12.9. The number of carbonyl (C=O) groups excluding carboxylic acids is 1. The number of aromatic nitrogens is 1. The van der Waals surface area contributed by atoms with Gasteiger partial charge in [-0.1, -0.05) is 13.0 Å². The Kier molecular flexibility index (Phi) is 4.95. The number of hydrogen-bond acceptors (Lipinski definition) is 4. The van der Waals surface area contributed by atoms with Gasteiger partial charge in [-0.25, -0.2) is 4.98 Å². The Hall–Kier alpha value is -1.62. The lowest BCUT2D eigenvalue weighted by atomic mass is 10.0. The second-order valence-corrected chi connectivity index (χ2v) is 5.27. The maximum Gasteiger partial charge on any atom is 0.252 e. The molecule has 0 spiro atoms. The number of rotatable bonds is 6. The second-order valence-electron chi connectivity index (χ2n) is 5.27. The predicted octanol–water partition coefficient (Wildman–Crippen LogP) is 1.79. The number of hydrogen-bond donors (Lipinski definition) is 2. The van der Waals surface area contributed by atoms with Crippen LogP contribution in [0.4, 0.5) is 0 Å². The monoisotopic (exact) mass is 278 g/mol. The molecule has 1 aliphatic carbocycles. The van der Waals surface area contributed by atoms with Crippen molar-refractivity contribution < 1.29 is 14.6 Å². The number of amides is 1. The Bertz CT molecular complexity index is 439. The zero-order valence-corrected chi connectivity index (χ0v) is 11.9. The summed E-state index contributed by atoms with van der Waals surface area (Å²) in [6.07, 6.45) is 5.56. The zero-order chi connectivity index (χ0) is 14.4. The molecule has 20 heavy (non-hydrogen) atoms. The third kappa shape index (κ3) is 3.70. The third-order valence-corrected chi connectivity index (χ3v) is 3.56. The fraction of sp³-hybridized carbons (Fsp3) is 0.600. The normalized spacial score (nSPS) is 16.9. The minimum absolute atomic E-state index is 0.277. The highest BCUT2D eigenvalue weighted by Gasteiger charge is 2.38. The molecule has 110 valence electrons. The third-order valence-electron chi connectivity index (χ3n) is 3.56. The maximum absolute atomic E-state index is 11.9. The summed E-state index contributed by atoms with van der Waals surface area (Å²) in [4.78, 5) is 16.1. The van der Waals surface area contributed by atoms with E-state index in [0.717, 1.165) is 24.8 Å². The molecule has 1 aromatic heterocycles. The van der Waals surface area contributed by atoms with Gasteiger partial charge in [-0.15, -0.1) is 0 Å². The highest BCUT2D eigenvalue weighted by molar-refractivity contribution is 5.85. The average molecular weight is 278 g/mol. The van der Waals surface area contributed by atoms with Gasteiger partial charge in [0.15, 0.2) is 0 Å². The summed E-state index contributed by atoms with van der Waals surface area (Å²) in [6.45, 7) is 3.07. The number of nitrogens with one attached hydrogen (secondary N) is 1. The highest BCUT2D eigenvalue weighted by atomic mass is 16.5. The molecule has 0 radical (unpaired) electrons. The van der Waals surface area contributed by atoms with Gasteiger partial charge in [0, 0.05) is 18.8 Å². The van der Waals surface area contributed by atoms with E-state index in [9.17, 15) is 9.90 Å². The van der Waals surface area contributed by atoms with E-state index in [1.54, 1.807) is 12.3 Å². The molecule has 1 amide bonds. The minimum atomic E-state index is -1.17. The van der Waals surface area contributed by atoms with Crippen molar-refractivity contribution in [3.05, 3.63) is 23.9 Å². The van der Waals surface area contributed by atoms with Crippen molar-refractivity contribution in [1.82, 2.24) is 10.3 Å². The first-order valence-corrected chi connectivity index (χ1v) is 7.22. The molecule has 1 saturated carbocycles. The van der Waals surface area contributed by atoms with Gasteiger partial charge < -0.3 is 15.2 Å². The van der Waals surface area contributed by atoms with Crippen LogP contribution in [0.15, 0.2) is 18.3 Å². The van der Waals surface area contributed by atoms with Crippen molar-refractivity contribution in [3.63, 3.8) is 0 Å². The lowest BCUT2D eigenvalue weighted by Gasteiger charge is -2.20. The lowest BCUT2D eigenvalue weighted by molar-refractivity contribution is -0.139. The van der Waals surface area contributed by atoms with Crippen molar-refractivity contribution in [3.8, 4) is 5.88 Å². The van der Waals surface area contributed by atoms with Gasteiger partial charge in [0.2, 0.25) is 5.88 Å². The van der Waals surface area contributed by atoms with E-state index >= 15 is 0 Å². The van der Waals surface area contributed by atoms with Crippen LogP contribution in [0.1, 0.15) is 44.6 Å². The Balaban J connectivity index is 1.83. The van der Waals surface area contributed by atoms with Crippen LogP contribution in [0.2, 0.25) is 0 Å². The molecular formula is C15H22N2O3. The topological polar surface area (TPSA) is 71.5 Å². The minimum Gasteiger partial charge on any atom is -0.478 e. The molecule has 1 aromatic rings. The average Bonchev–Trinajstić information content (AvgIpc) is 2.92. The quantitative estimate of drug-likeness (QED) is 0.832. The first kappa shape index (κ1) is 14.8. The van der Waals surface area contributed by atoms with Gasteiger partial charge in [-0.2, -0.15) is 0 Å². The summed E-state index contributed by atoms with van der Waals surface area (Å²) in [5.41, 5.74) is -0.277. The van der Waals surface area contributed by atoms with E-state index in [4.69, 9.17) is 4.74 Å². The van der Waals surface area contributed by atoms with E-state index in [2.05, 4.69) is 10.3 Å². The molecule has 5 nitrogen and oxygen atoms in total. The Morgan fingerprint density at radius 2 is 2.20 bits per heavy atom. The molecule has 1 aliphatic rings. The Morgan fingerprint density at radius 1 is 1.45 bits per heavy atom. The number of pyridine rings is 1. The lowest BCUT2D eigenvalue weighted by Crippen LogP contribution is -2.44. The molecule has 0 atom stereocenters. The van der Waals surface area contributed by atoms with Crippen LogP contribution in [0.5, 0.6) is 5.88 Å². The second kappa shape index (κ2) is 6.70. The highest BCUT2D eigenvalue weighted by Crippen LogP contribution is 2.29. The Morgan fingerprint density at radius 3 is 2.80 bits per heavy atom. The molecule has 1 heterocycles. The van der Waals surface area contributed by atoms with Crippen molar-refractivity contribution in [2.75, 3.05) is 6.61 Å². The van der Waals surface area contributed by atoms with Crippen LogP contribution in [0.3, 0.4) is 0 Å². The predicted molar refractivity (Wildman–Crippen MR) is 75.3 cm³/mol. The summed E-state index contributed by atoms with van der Waals surface area (Å²) in [6, 6.07) is 3.67. The van der Waals surface area contributed by atoms with Gasteiger partial charge in [0.25, 0.3) is 5.91 Å². The van der Waals surface area contributed by atoms with Gasteiger partial charge in [-0.05, 0) is 37.7 Å². The van der Waals surface area contributed by atoms with Crippen LogP contribution >= 0.6 is 0 Å². The molecule has 2 rings (SSSR count). The van der Waals surface area contributed by atoms with E-state index < -0.39 is 5.60 Å². The Labute approximate surface area is 119 Å². The standard InChI is InChI=1S/C15H22N2O3/c1-2-9-20-13-6-5-12(10-16-13)11-17-14(18)15(19)7-3-4-8-15/h5-6,10,19H,2-4,7-9,11H2,1H3,(H,17,18). The number of aliphatic hydroxyl groups is 1. The van der Waals surface area contributed by atoms with Gasteiger partial charge >= 0.3 is 0 Å². The summed E-state index contributed by atoms with van der Waals surface area (Å²) >= 11 is 0. The van der Waals surface area contributed by atoms with Crippen LogP contribution < -0.4 is 10.1 Å². The van der Waals surface area contributed by atoms with E-state index in [1.807, 2.05) is 13.0 Å². The summed E-state index contributed by atoms with van der Waals surface area (Å²) in [7, 11) is 0. The number of carbonyl (C=O) groups is 1. The molecular weight excluding hydrogens is 256 g/mol. The van der Waals surface area contributed by atoms with Crippen LogP contribution in [0, 0.1) is 0 Å². The first-order valence-electron chi connectivity index (χ1n) is 7.22. The molecule has 0 unspecified atom stereocenters. The molecule has 0 aliphatic heterocycles. The summed E-state index contributed by atoms with van der Waals surface area (Å²) < 4.78 is 5.39. The van der Waals surface area contributed by atoms with Crippen LogP contribution in [-0.4, -0.2) is 28.2 Å². The fourth-order valence-corrected chi connectivity index (χ4v) is 2.34. The maximum atomic E-state index is 11.9. The SMILES string of the molecule is CCCOc1ccc(CNC(=O)C2(O)CCCC2)cn1. The number of ether oxygens (including phenoxy) is 1. The van der Waals surface area contributed by atoms with Gasteiger partial charge in [0.1, 0.15) is 5.60 Å². The molecule has 5 heteroatoms. The van der Waals surface area contributed by atoms with E-state index in [0.29, 0.717) is 31.9 Å². The number of nitrogens with zero attached hydrogens (tertiary/aromatic N) is 1. The van der Waals surface area contributed by atoms with Crippen LogP contribution in [0.25, 0.3) is 0 Å². The fourth-order valence-electron chi connectivity index (χ4n) is 2.34. The van der Waals surface area contributed by atoms with Crippen molar-refractivity contribution in [2.24, 2.45) is 0 Å². The van der Waals surface area contributed by atoms with Gasteiger partial charge in [0.05, 0.1) is 6.61 Å².